The summed E-state index contributed by atoms with van der Waals surface area (Å²) < 4.78 is 0. The van der Waals surface area contributed by atoms with Gasteiger partial charge >= 0.3 is 0 Å². The van der Waals surface area contributed by atoms with Crippen LogP contribution in [0, 0.1) is 5.41 Å². The van der Waals surface area contributed by atoms with Gasteiger partial charge in [-0.2, -0.15) is 12.6 Å². The molecule has 0 aliphatic heterocycles. The van der Waals surface area contributed by atoms with Gasteiger partial charge in [0, 0.05) is 0 Å². The second-order valence-corrected chi connectivity index (χ2v) is 6.31. The summed E-state index contributed by atoms with van der Waals surface area (Å²) in [6.07, 6.45) is 6.62. The predicted octanol–water partition coefficient (Wildman–Crippen LogP) is 6.02. The standard InChI is InChI=1S/C21H27NOS/c1-15(12-13-24)17(3)14-18(4)21(22)16(2)6-5-7-19-8-10-20(23)11-9-19/h8-14,22-24H,2,5-7H2,1,3-4H3/b13-12-,17-15+,18-14+,22-21?. The Kier molecular flexibility index (Phi) is 8.34. The lowest BCUT2D eigenvalue weighted by Gasteiger charge is -2.09. The molecule has 0 radical (unpaired) electrons. The summed E-state index contributed by atoms with van der Waals surface area (Å²) in [6, 6.07) is 7.27. The molecule has 1 aromatic carbocycles. The maximum absolute atomic E-state index is 9.29. The highest BCUT2D eigenvalue weighted by molar-refractivity contribution is 7.83. The van der Waals surface area contributed by atoms with E-state index in [2.05, 4.69) is 19.2 Å². The van der Waals surface area contributed by atoms with E-state index in [-0.39, 0.29) is 5.75 Å². The summed E-state index contributed by atoms with van der Waals surface area (Å²) in [5, 5.41) is 19.3. The van der Waals surface area contributed by atoms with Crippen LogP contribution in [0.3, 0.4) is 0 Å². The first-order chi connectivity index (χ1) is 11.3. The molecule has 0 fully saturated rings. The summed E-state index contributed by atoms with van der Waals surface area (Å²) in [6.45, 7) is 10.1. The van der Waals surface area contributed by atoms with Crippen molar-refractivity contribution in [2.24, 2.45) is 0 Å². The third kappa shape index (κ3) is 6.63. The van der Waals surface area contributed by atoms with Crippen molar-refractivity contribution in [3.63, 3.8) is 0 Å². The van der Waals surface area contributed by atoms with Crippen molar-refractivity contribution < 1.29 is 5.11 Å². The number of rotatable bonds is 8. The molecule has 3 heteroatoms. The minimum Gasteiger partial charge on any atom is -0.508 e. The minimum absolute atomic E-state index is 0.289. The smallest absolute Gasteiger partial charge is 0.115 e. The highest BCUT2D eigenvalue weighted by Gasteiger charge is 2.06. The predicted molar refractivity (Wildman–Crippen MR) is 108 cm³/mol. The van der Waals surface area contributed by atoms with Gasteiger partial charge in [-0.25, -0.2) is 0 Å². The summed E-state index contributed by atoms with van der Waals surface area (Å²) in [7, 11) is 0. The highest BCUT2D eigenvalue weighted by Crippen LogP contribution is 2.17. The van der Waals surface area contributed by atoms with Gasteiger partial charge in [0.2, 0.25) is 0 Å². The van der Waals surface area contributed by atoms with Crippen LogP contribution in [0.15, 0.2) is 70.7 Å². The molecule has 2 nitrogen and oxygen atoms in total. The maximum atomic E-state index is 9.29. The molecular weight excluding hydrogens is 314 g/mol. The second-order valence-electron chi connectivity index (χ2n) is 6.01. The fourth-order valence-corrected chi connectivity index (χ4v) is 2.55. The van der Waals surface area contributed by atoms with Crippen LogP contribution in [0.4, 0.5) is 0 Å². The lowest BCUT2D eigenvalue weighted by atomic mass is 9.97. The molecule has 0 aliphatic carbocycles. The molecule has 1 aromatic rings. The van der Waals surface area contributed by atoms with E-state index in [4.69, 9.17) is 5.41 Å². The molecule has 0 aromatic heterocycles. The molecule has 0 spiro atoms. The van der Waals surface area contributed by atoms with Crippen molar-refractivity contribution in [3.05, 3.63) is 76.3 Å². The van der Waals surface area contributed by atoms with Crippen molar-refractivity contribution in [2.75, 3.05) is 0 Å². The number of allylic oxidation sites excluding steroid dienone is 6. The SMILES string of the molecule is C=C(CCCc1ccc(O)cc1)C(=N)/C(C)=C/C(C)=C(C)/C=C\S. The van der Waals surface area contributed by atoms with Crippen LogP contribution in [0.5, 0.6) is 5.75 Å². The molecule has 0 heterocycles. The van der Waals surface area contributed by atoms with Crippen LogP contribution in [0.25, 0.3) is 0 Å². The fourth-order valence-electron chi connectivity index (χ4n) is 2.33. The van der Waals surface area contributed by atoms with Crippen LogP contribution >= 0.6 is 12.6 Å². The first-order valence-electron chi connectivity index (χ1n) is 8.06. The number of benzene rings is 1. The Balaban J connectivity index is 2.59. The van der Waals surface area contributed by atoms with E-state index in [0.717, 1.165) is 41.6 Å². The molecular formula is C21H27NOS. The molecule has 0 amide bonds. The summed E-state index contributed by atoms with van der Waals surface area (Å²) >= 11 is 4.09. The lowest BCUT2D eigenvalue weighted by molar-refractivity contribution is 0.475. The molecule has 0 saturated carbocycles. The van der Waals surface area contributed by atoms with E-state index in [1.54, 1.807) is 17.5 Å². The van der Waals surface area contributed by atoms with Gasteiger partial charge in [0.05, 0.1) is 5.71 Å². The van der Waals surface area contributed by atoms with E-state index in [1.165, 1.54) is 5.56 Å². The molecule has 1 rings (SSSR count). The van der Waals surface area contributed by atoms with Crippen molar-refractivity contribution in [1.82, 2.24) is 0 Å². The van der Waals surface area contributed by atoms with Gasteiger partial charge in [0.25, 0.3) is 0 Å². The van der Waals surface area contributed by atoms with E-state index in [9.17, 15) is 5.11 Å². The quantitative estimate of drug-likeness (QED) is 0.302. The summed E-state index contributed by atoms with van der Waals surface area (Å²) in [4.78, 5) is 0. The third-order valence-corrected chi connectivity index (χ3v) is 4.16. The Morgan fingerprint density at radius 2 is 1.79 bits per heavy atom. The van der Waals surface area contributed by atoms with E-state index >= 15 is 0 Å². The zero-order valence-corrected chi connectivity index (χ0v) is 15.7. The molecule has 0 aliphatic rings. The van der Waals surface area contributed by atoms with Gasteiger partial charge in [-0.1, -0.05) is 30.9 Å². The summed E-state index contributed by atoms with van der Waals surface area (Å²) in [5.74, 6) is 0.289. The minimum atomic E-state index is 0.289. The van der Waals surface area contributed by atoms with Crippen LogP contribution in [0.2, 0.25) is 0 Å². The maximum Gasteiger partial charge on any atom is 0.115 e. The molecule has 0 unspecified atom stereocenters. The van der Waals surface area contributed by atoms with Crippen LogP contribution in [-0.2, 0) is 6.42 Å². The Hall–Kier alpha value is -2.00. The van der Waals surface area contributed by atoms with Crippen molar-refractivity contribution in [2.45, 2.75) is 40.0 Å². The Morgan fingerprint density at radius 3 is 2.38 bits per heavy atom. The topological polar surface area (TPSA) is 44.1 Å². The number of thiol groups is 1. The zero-order valence-electron chi connectivity index (χ0n) is 14.8. The molecule has 2 N–H and O–H groups in total. The van der Waals surface area contributed by atoms with E-state index in [0.29, 0.717) is 5.71 Å². The Bertz CT molecular complexity index is 678. The number of hydrogen-bond acceptors (Lipinski definition) is 3. The van der Waals surface area contributed by atoms with Crippen molar-refractivity contribution in [3.8, 4) is 5.75 Å². The molecule has 128 valence electrons. The first kappa shape index (κ1) is 20.0. The van der Waals surface area contributed by atoms with E-state index < -0.39 is 0 Å². The van der Waals surface area contributed by atoms with Crippen LogP contribution in [0.1, 0.15) is 39.2 Å². The van der Waals surface area contributed by atoms with Crippen molar-refractivity contribution in [1.29, 1.82) is 5.41 Å². The van der Waals surface area contributed by atoms with E-state index in [1.807, 2.05) is 45.1 Å². The second kappa shape index (κ2) is 9.99. The number of aromatic hydroxyl groups is 1. The zero-order chi connectivity index (χ0) is 18.1. The molecule has 0 saturated heterocycles. The van der Waals surface area contributed by atoms with Gasteiger partial charge in [-0.15, -0.1) is 0 Å². The number of hydrogen-bond donors (Lipinski definition) is 3. The van der Waals surface area contributed by atoms with Gasteiger partial charge in [0.1, 0.15) is 5.75 Å². The number of aryl methyl sites for hydroxylation is 1. The molecule has 24 heavy (non-hydrogen) atoms. The monoisotopic (exact) mass is 341 g/mol. The highest BCUT2D eigenvalue weighted by atomic mass is 32.1. The number of phenolic OH excluding ortho intramolecular Hbond substituents is 1. The normalized spacial score (nSPS) is 13.1. The first-order valence-corrected chi connectivity index (χ1v) is 8.58. The van der Waals surface area contributed by atoms with Gasteiger partial charge in [-0.3, -0.25) is 0 Å². The largest absolute Gasteiger partial charge is 0.508 e. The van der Waals surface area contributed by atoms with Crippen molar-refractivity contribution >= 4 is 18.3 Å². The fraction of sp³-hybridized carbons (Fsp3) is 0.286. The molecule has 0 atom stereocenters. The van der Waals surface area contributed by atoms with Crippen LogP contribution < -0.4 is 0 Å². The Labute approximate surface area is 151 Å². The lowest BCUT2D eigenvalue weighted by Crippen LogP contribution is -2.03. The average Bonchev–Trinajstić information content (AvgIpc) is 2.55. The third-order valence-electron chi connectivity index (χ3n) is 4.01. The van der Waals surface area contributed by atoms with Gasteiger partial charge < -0.3 is 10.5 Å². The van der Waals surface area contributed by atoms with Crippen LogP contribution in [-0.4, -0.2) is 10.8 Å². The number of phenols is 1. The number of nitrogens with one attached hydrogen (secondary N) is 1. The Morgan fingerprint density at radius 1 is 1.17 bits per heavy atom. The average molecular weight is 342 g/mol. The van der Waals surface area contributed by atoms with Gasteiger partial charge in [-0.05, 0) is 85.4 Å². The molecule has 0 bridgehead atoms. The van der Waals surface area contributed by atoms with Gasteiger partial charge in [0.15, 0.2) is 0 Å². The summed E-state index contributed by atoms with van der Waals surface area (Å²) in [5.41, 5.74) is 5.75.